The van der Waals surface area contributed by atoms with Gasteiger partial charge < -0.3 is 15.4 Å². The van der Waals surface area contributed by atoms with Gasteiger partial charge in [0.05, 0.1) is 6.54 Å². The topological polar surface area (TPSA) is 92.9 Å². The summed E-state index contributed by atoms with van der Waals surface area (Å²) in [4.78, 5) is 38.3. The molecule has 0 saturated carbocycles. The summed E-state index contributed by atoms with van der Waals surface area (Å²) in [6, 6.07) is -0.671. The molecule has 2 N–H and O–H groups in total. The van der Waals surface area contributed by atoms with E-state index >= 15 is 0 Å². The highest BCUT2D eigenvalue weighted by Crippen LogP contribution is 2.27. The summed E-state index contributed by atoms with van der Waals surface area (Å²) in [5, 5.41) is 0. The summed E-state index contributed by atoms with van der Waals surface area (Å²) in [6.45, 7) is 7.06. The third kappa shape index (κ3) is 4.61. The van der Waals surface area contributed by atoms with Gasteiger partial charge in [0.2, 0.25) is 11.8 Å². The Labute approximate surface area is 125 Å². The molecule has 0 aromatic heterocycles. The minimum atomic E-state index is -0.619. The molecule has 1 aliphatic rings. The minimum absolute atomic E-state index is 0.0734. The van der Waals surface area contributed by atoms with Crippen molar-refractivity contribution >= 4 is 17.9 Å². The molecule has 1 heterocycles. The molecule has 0 aromatic carbocycles. The van der Waals surface area contributed by atoms with Crippen LogP contribution in [0.25, 0.3) is 0 Å². The van der Waals surface area contributed by atoms with Crippen LogP contribution in [0.15, 0.2) is 0 Å². The molecule has 3 amide bonds. The Hall–Kier alpha value is -1.79. The maximum Gasteiger partial charge on any atom is 0.411 e. The first kappa shape index (κ1) is 17.3. The van der Waals surface area contributed by atoms with Gasteiger partial charge in [-0.15, -0.1) is 0 Å². The van der Waals surface area contributed by atoms with Crippen molar-refractivity contribution in [3.63, 3.8) is 0 Å². The van der Waals surface area contributed by atoms with Gasteiger partial charge in [0.1, 0.15) is 11.6 Å². The highest BCUT2D eigenvalue weighted by molar-refractivity contribution is 5.89. The first-order valence-electron chi connectivity index (χ1n) is 7.07. The average Bonchev–Trinajstić information content (AvgIpc) is 2.66. The number of hydrogen-bond donors (Lipinski definition) is 1. The molecular weight excluding hydrogens is 274 g/mol. The fourth-order valence-corrected chi connectivity index (χ4v) is 2.41. The Morgan fingerprint density at radius 1 is 1.29 bits per heavy atom. The van der Waals surface area contributed by atoms with Crippen molar-refractivity contribution < 1.29 is 19.1 Å². The number of carbonyl (C=O) groups excluding carboxylic acids is 3. The van der Waals surface area contributed by atoms with Crippen LogP contribution >= 0.6 is 0 Å². The fraction of sp³-hybridized carbons (Fsp3) is 0.786. The van der Waals surface area contributed by atoms with Crippen molar-refractivity contribution in [2.75, 3.05) is 13.6 Å². The van der Waals surface area contributed by atoms with Gasteiger partial charge >= 0.3 is 6.09 Å². The molecule has 0 spiro atoms. The molecule has 120 valence electrons. The van der Waals surface area contributed by atoms with Gasteiger partial charge in [-0.05, 0) is 40.5 Å². The monoisotopic (exact) mass is 299 g/mol. The van der Waals surface area contributed by atoms with Crippen molar-refractivity contribution in [3.8, 4) is 0 Å². The van der Waals surface area contributed by atoms with Gasteiger partial charge in [0.25, 0.3) is 0 Å². The second kappa shape index (κ2) is 6.32. The third-order valence-corrected chi connectivity index (χ3v) is 3.33. The highest BCUT2D eigenvalue weighted by atomic mass is 16.6. The third-order valence-electron chi connectivity index (χ3n) is 3.33. The van der Waals surface area contributed by atoms with Crippen LogP contribution in [-0.2, 0) is 14.3 Å². The Morgan fingerprint density at radius 3 is 2.33 bits per heavy atom. The van der Waals surface area contributed by atoms with E-state index in [1.54, 1.807) is 20.8 Å². The van der Waals surface area contributed by atoms with Crippen LogP contribution in [0.2, 0.25) is 0 Å². The van der Waals surface area contributed by atoms with E-state index in [-0.39, 0.29) is 18.5 Å². The molecule has 1 saturated heterocycles. The molecule has 0 aliphatic carbocycles. The molecule has 1 rings (SSSR count). The van der Waals surface area contributed by atoms with E-state index in [9.17, 15) is 14.4 Å². The zero-order valence-electron chi connectivity index (χ0n) is 13.4. The standard InChI is InChI=1S/C14H25N3O4/c1-9-6-7-10(12(19)16(5)8-11(15)18)17(9)13(20)21-14(2,3)4/h9-10H,6-8H2,1-5H3,(H2,15,18)/t9?,10-/m0/s1. The van der Waals surface area contributed by atoms with Crippen molar-refractivity contribution in [3.05, 3.63) is 0 Å². The maximum atomic E-state index is 12.4. The van der Waals surface area contributed by atoms with E-state index in [4.69, 9.17) is 10.5 Å². The van der Waals surface area contributed by atoms with E-state index in [1.165, 1.54) is 16.8 Å². The summed E-state index contributed by atoms with van der Waals surface area (Å²) in [6.07, 6.45) is 0.779. The first-order chi connectivity index (χ1) is 9.53. The van der Waals surface area contributed by atoms with Crippen LogP contribution in [0, 0.1) is 0 Å². The lowest BCUT2D eigenvalue weighted by Gasteiger charge is -2.32. The molecule has 7 heteroatoms. The fourth-order valence-electron chi connectivity index (χ4n) is 2.41. The molecule has 1 fully saturated rings. The predicted molar refractivity (Wildman–Crippen MR) is 77.4 cm³/mol. The lowest BCUT2D eigenvalue weighted by Crippen LogP contribution is -2.51. The number of ether oxygens (including phenoxy) is 1. The highest BCUT2D eigenvalue weighted by Gasteiger charge is 2.42. The maximum absolute atomic E-state index is 12.4. The van der Waals surface area contributed by atoms with Crippen molar-refractivity contribution in [1.82, 2.24) is 9.80 Å². The quantitative estimate of drug-likeness (QED) is 0.831. The second-order valence-electron chi connectivity index (χ2n) is 6.49. The first-order valence-corrected chi connectivity index (χ1v) is 7.07. The van der Waals surface area contributed by atoms with E-state index in [0.29, 0.717) is 6.42 Å². The average molecular weight is 299 g/mol. The Balaban J connectivity index is 2.83. The zero-order valence-corrected chi connectivity index (χ0v) is 13.4. The number of likely N-dealkylation sites (N-methyl/N-ethyl adjacent to an activating group) is 1. The van der Waals surface area contributed by atoms with Crippen molar-refractivity contribution in [1.29, 1.82) is 0 Å². The Kier molecular flexibility index (Phi) is 5.20. The molecule has 7 nitrogen and oxygen atoms in total. The predicted octanol–water partition coefficient (Wildman–Crippen LogP) is 0.718. The number of nitrogens with two attached hydrogens (primary N) is 1. The lowest BCUT2D eigenvalue weighted by molar-refractivity contribution is -0.137. The normalized spacial score (nSPS) is 22.0. The van der Waals surface area contributed by atoms with Gasteiger partial charge in [0.15, 0.2) is 0 Å². The summed E-state index contributed by atoms with van der Waals surface area (Å²) >= 11 is 0. The lowest BCUT2D eigenvalue weighted by atomic mass is 10.2. The summed E-state index contributed by atoms with van der Waals surface area (Å²) in [7, 11) is 1.50. The van der Waals surface area contributed by atoms with Gasteiger partial charge in [-0.25, -0.2) is 4.79 Å². The van der Waals surface area contributed by atoms with Gasteiger partial charge in [0, 0.05) is 13.1 Å². The summed E-state index contributed by atoms with van der Waals surface area (Å²) in [5.74, 6) is -0.871. The SMILES string of the molecule is CC1CC[C@@H](C(=O)N(C)CC(N)=O)N1C(=O)OC(C)(C)C. The van der Waals surface area contributed by atoms with Crippen LogP contribution in [-0.4, -0.2) is 59.0 Å². The van der Waals surface area contributed by atoms with Crippen LogP contribution < -0.4 is 5.73 Å². The van der Waals surface area contributed by atoms with E-state index < -0.39 is 23.6 Å². The van der Waals surface area contributed by atoms with Gasteiger partial charge in [-0.1, -0.05) is 0 Å². The van der Waals surface area contributed by atoms with Crippen molar-refractivity contribution in [2.45, 2.75) is 58.2 Å². The van der Waals surface area contributed by atoms with E-state index in [2.05, 4.69) is 0 Å². The number of likely N-dealkylation sites (tertiary alicyclic amines) is 1. The van der Waals surface area contributed by atoms with Crippen LogP contribution in [0.4, 0.5) is 4.79 Å². The van der Waals surface area contributed by atoms with E-state index in [1.807, 2.05) is 6.92 Å². The number of primary amides is 1. The molecule has 0 radical (unpaired) electrons. The Morgan fingerprint density at radius 2 is 1.86 bits per heavy atom. The molecule has 21 heavy (non-hydrogen) atoms. The zero-order chi connectivity index (χ0) is 16.4. The minimum Gasteiger partial charge on any atom is -0.444 e. The number of carbonyl (C=O) groups is 3. The molecule has 0 bridgehead atoms. The Bertz CT molecular complexity index is 430. The van der Waals surface area contributed by atoms with Crippen LogP contribution in [0.5, 0.6) is 0 Å². The molecule has 1 unspecified atom stereocenters. The molecular formula is C14H25N3O4. The smallest absolute Gasteiger partial charge is 0.411 e. The molecule has 1 aliphatic heterocycles. The van der Waals surface area contributed by atoms with Crippen LogP contribution in [0.1, 0.15) is 40.5 Å². The number of nitrogens with zero attached hydrogens (tertiary/aromatic N) is 2. The second-order valence-corrected chi connectivity index (χ2v) is 6.49. The number of hydrogen-bond acceptors (Lipinski definition) is 4. The van der Waals surface area contributed by atoms with Crippen LogP contribution in [0.3, 0.4) is 0 Å². The van der Waals surface area contributed by atoms with Gasteiger partial charge in [-0.3, -0.25) is 14.5 Å². The number of rotatable bonds is 3. The van der Waals surface area contributed by atoms with E-state index in [0.717, 1.165) is 6.42 Å². The summed E-state index contributed by atoms with van der Waals surface area (Å²) in [5.41, 5.74) is 4.48. The largest absolute Gasteiger partial charge is 0.444 e. The number of amides is 3. The van der Waals surface area contributed by atoms with Gasteiger partial charge in [-0.2, -0.15) is 0 Å². The van der Waals surface area contributed by atoms with Crippen molar-refractivity contribution in [2.24, 2.45) is 5.73 Å². The molecule has 0 aromatic rings. The summed E-state index contributed by atoms with van der Waals surface area (Å²) < 4.78 is 5.36. The molecule has 2 atom stereocenters.